The predicted molar refractivity (Wildman–Crippen MR) is 117 cm³/mol. The maximum absolute atomic E-state index is 14.2. The Morgan fingerprint density at radius 3 is 2.44 bits per heavy atom. The normalized spacial score (nSPS) is 11.1. The summed E-state index contributed by atoms with van der Waals surface area (Å²) in [5, 5.41) is 10.9. The minimum Gasteiger partial charge on any atom is -0.478 e. The van der Waals surface area contributed by atoms with E-state index in [4.69, 9.17) is 5.11 Å². The van der Waals surface area contributed by atoms with Crippen molar-refractivity contribution in [3.63, 3.8) is 0 Å². The van der Waals surface area contributed by atoms with Crippen LogP contribution in [0, 0.1) is 5.82 Å². The smallest absolute Gasteiger partial charge is 0.328 e. The third kappa shape index (κ3) is 6.43. The van der Waals surface area contributed by atoms with Crippen LogP contribution in [0.3, 0.4) is 0 Å². The second-order valence-electron chi connectivity index (χ2n) is 6.52. The third-order valence-corrected chi connectivity index (χ3v) is 5.68. The minimum atomic E-state index is -3.87. The highest BCUT2D eigenvalue weighted by molar-refractivity contribution is 7.90. The number of rotatable bonds is 7. The Kier molecular flexibility index (Phi) is 8.56. The number of benzene rings is 1. The van der Waals surface area contributed by atoms with Gasteiger partial charge < -0.3 is 10.4 Å². The highest BCUT2D eigenvalue weighted by Gasteiger charge is 2.23. The molecule has 168 valence electrons. The number of pyridine rings is 1. The second-order valence-corrected chi connectivity index (χ2v) is 8.33. The number of aliphatic carboxylic acids is 1. The highest BCUT2D eigenvalue weighted by atomic mass is 32.2. The summed E-state index contributed by atoms with van der Waals surface area (Å²) < 4.78 is 41.2. The van der Waals surface area contributed by atoms with Crippen molar-refractivity contribution >= 4 is 21.8 Å². The van der Waals surface area contributed by atoms with Gasteiger partial charge in [-0.15, -0.1) is 0 Å². The zero-order valence-corrected chi connectivity index (χ0v) is 18.2. The lowest BCUT2D eigenvalue weighted by Gasteiger charge is -2.10. The first kappa shape index (κ1) is 24.6. The molecule has 2 heterocycles. The minimum absolute atomic E-state index is 0.0502. The number of carbonyl (C=O) groups is 2. The molecule has 0 saturated carbocycles. The largest absolute Gasteiger partial charge is 0.478 e. The first-order valence-electron chi connectivity index (χ1n) is 9.34. The number of nitrogens with one attached hydrogen (secondary N) is 1. The third-order valence-electron chi connectivity index (χ3n) is 4.03. The Bertz CT molecular complexity index is 1210. The van der Waals surface area contributed by atoms with Gasteiger partial charge in [0, 0.05) is 36.8 Å². The molecule has 1 aromatic carbocycles. The molecule has 32 heavy (non-hydrogen) atoms. The predicted octanol–water partition coefficient (Wildman–Crippen LogP) is 2.86. The molecule has 0 bridgehead atoms. The summed E-state index contributed by atoms with van der Waals surface area (Å²) >= 11 is 0. The van der Waals surface area contributed by atoms with Gasteiger partial charge in [-0.1, -0.05) is 12.1 Å². The maximum atomic E-state index is 14.2. The number of nitrogens with zero attached hydrogens (tertiary/aromatic N) is 2. The zero-order valence-electron chi connectivity index (χ0n) is 17.4. The van der Waals surface area contributed by atoms with Crippen molar-refractivity contribution in [1.82, 2.24) is 14.3 Å². The number of hydrogen-bond donors (Lipinski definition) is 2. The van der Waals surface area contributed by atoms with Gasteiger partial charge in [0.2, 0.25) is 0 Å². The van der Waals surface area contributed by atoms with E-state index >= 15 is 0 Å². The molecule has 3 rings (SSSR count). The molecule has 2 aromatic heterocycles. The Balaban J connectivity index is 0.000000390. The molecular weight excluding hydrogens is 437 g/mol. The molecule has 0 unspecified atom stereocenters. The van der Waals surface area contributed by atoms with Gasteiger partial charge in [-0.2, -0.15) is 0 Å². The molecular formula is C22H22FN3O5S. The summed E-state index contributed by atoms with van der Waals surface area (Å²) in [6.07, 6.45) is 6.09. The topological polar surface area (TPSA) is 118 Å². The summed E-state index contributed by atoms with van der Waals surface area (Å²) in [6, 6.07) is 10.8. The highest BCUT2D eigenvalue weighted by Crippen LogP contribution is 2.28. The molecule has 0 atom stereocenters. The van der Waals surface area contributed by atoms with Crippen LogP contribution < -0.4 is 5.32 Å². The number of aromatic nitrogens is 2. The van der Waals surface area contributed by atoms with E-state index in [0.29, 0.717) is 6.54 Å². The summed E-state index contributed by atoms with van der Waals surface area (Å²) in [7, 11) is -2.11. The van der Waals surface area contributed by atoms with Crippen LogP contribution in [0.15, 0.2) is 78.1 Å². The van der Waals surface area contributed by atoms with E-state index in [1.54, 1.807) is 37.4 Å². The average molecular weight is 459 g/mol. The van der Waals surface area contributed by atoms with Crippen LogP contribution in [0.5, 0.6) is 0 Å². The van der Waals surface area contributed by atoms with Crippen molar-refractivity contribution in [2.45, 2.75) is 18.4 Å². The van der Waals surface area contributed by atoms with Crippen LogP contribution >= 0.6 is 0 Å². The quantitative estimate of drug-likeness (QED) is 0.522. The van der Waals surface area contributed by atoms with Crippen molar-refractivity contribution in [2.75, 3.05) is 7.05 Å². The van der Waals surface area contributed by atoms with Crippen LogP contribution in [0.4, 0.5) is 4.39 Å². The second kappa shape index (κ2) is 11.1. The van der Waals surface area contributed by atoms with Gasteiger partial charge in [0.1, 0.15) is 10.7 Å². The van der Waals surface area contributed by atoms with Crippen molar-refractivity contribution < 1.29 is 27.5 Å². The van der Waals surface area contributed by atoms with Crippen molar-refractivity contribution in [2.24, 2.45) is 0 Å². The molecule has 0 aliphatic heterocycles. The van der Waals surface area contributed by atoms with Crippen molar-refractivity contribution in [3.8, 4) is 11.3 Å². The molecule has 0 aliphatic carbocycles. The van der Waals surface area contributed by atoms with Crippen LogP contribution in [-0.4, -0.2) is 41.3 Å². The van der Waals surface area contributed by atoms with Crippen LogP contribution in [0.25, 0.3) is 11.3 Å². The molecule has 10 heteroatoms. The lowest BCUT2D eigenvalue weighted by atomic mass is 10.1. The molecule has 3 aromatic rings. The molecule has 0 saturated heterocycles. The van der Waals surface area contributed by atoms with Gasteiger partial charge in [-0.05, 0) is 55.9 Å². The SMILES string of the molecule is CC(=O)C=CC(=O)O.CNCc1cc(-c2ccccc2F)n(S(=O)(=O)c2cccnc2)c1. The number of ketones is 1. The maximum Gasteiger partial charge on any atom is 0.328 e. The number of carboxylic acids is 1. The summed E-state index contributed by atoms with van der Waals surface area (Å²) in [4.78, 5) is 23.6. The molecule has 2 N–H and O–H groups in total. The summed E-state index contributed by atoms with van der Waals surface area (Å²) in [6.45, 7) is 1.76. The van der Waals surface area contributed by atoms with Gasteiger partial charge in [-0.3, -0.25) is 9.78 Å². The van der Waals surface area contributed by atoms with Crippen molar-refractivity contribution in [3.05, 3.63) is 84.6 Å². The fourth-order valence-electron chi connectivity index (χ4n) is 2.66. The fourth-order valence-corrected chi connectivity index (χ4v) is 4.02. The Hall–Kier alpha value is -3.63. The van der Waals surface area contributed by atoms with E-state index in [1.807, 2.05) is 0 Å². The fraction of sp³-hybridized carbons (Fsp3) is 0.136. The van der Waals surface area contributed by atoms with Crippen LogP contribution in [-0.2, 0) is 26.2 Å². The Morgan fingerprint density at radius 1 is 1.19 bits per heavy atom. The Labute approximate surface area is 185 Å². The number of carboxylic acid groups (broad SMARTS) is 1. The number of halogens is 1. The summed E-state index contributed by atoms with van der Waals surface area (Å²) in [5.41, 5.74) is 1.25. The molecule has 0 aliphatic rings. The number of hydrogen-bond acceptors (Lipinski definition) is 6. The standard InChI is InChI=1S/C17H16FN3O2S.C5H6O3/c1-19-10-13-9-17(15-6-2-3-7-16(15)18)21(12-13)24(22,23)14-5-4-8-20-11-14;1-4(6)2-3-5(7)8/h2-9,11-12,19H,10H2,1H3;2-3H,1H3,(H,7,8). The summed E-state index contributed by atoms with van der Waals surface area (Å²) in [5.74, 6) is -1.83. The monoisotopic (exact) mass is 459 g/mol. The molecule has 0 radical (unpaired) electrons. The van der Waals surface area contributed by atoms with Crippen LogP contribution in [0.1, 0.15) is 12.5 Å². The Morgan fingerprint density at radius 2 is 1.91 bits per heavy atom. The molecule has 0 spiro atoms. The molecule has 8 nitrogen and oxygen atoms in total. The van der Waals surface area contributed by atoms with Gasteiger partial charge in [0.15, 0.2) is 5.78 Å². The van der Waals surface area contributed by atoms with E-state index in [2.05, 4.69) is 10.3 Å². The van der Waals surface area contributed by atoms with E-state index in [1.165, 1.54) is 37.6 Å². The first-order chi connectivity index (χ1) is 15.2. The first-order valence-corrected chi connectivity index (χ1v) is 10.8. The van der Waals surface area contributed by atoms with Gasteiger partial charge in [0.25, 0.3) is 10.0 Å². The van der Waals surface area contributed by atoms with E-state index < -0.39 is 21.8 Å². The lowest BCUT2D eigenvalue weighted by Crippen LogP contribution is -2.14. The average Bonchev–Trinajstić information content (AvgIpc) is 3.18. The van der Waals surface area contributed by atoms with Crippen molar-refractivity contribution in [1.29, 1.82) is 0 Å². The van der Waals surface area contributed by atoms with Gasteiger partial charge >= 0.3 is 5.97 Å². The lowest BCUT2D eigenvalue weighted by molar-refractivity contribution is -0.131. The molecule has 0 amide bonds. The van der Waals surface area contributed by atoms with E-state index in [9.17, 15) is 22.4 Å². The number of carbonyl (C=O) groups excluding carboxylic acids is 1. The van der Waals surface area contributed by atoms with E-state index in [-0.39, 0.29) is 21.9 Å². The van der Waals surface area contributed by atoms with Crippen LogP contribution in [0.2, 0.25) is 0 Å². The van der Waals surface area contributed by atoms with Gasteiger partial charge in [0.05, 0.1) is 5.69 Å². The van der Waals surface area contributed by atoms with Gasteiger partial charge in [-0.25, -0.2) is 21.6 Å². The molecule has 0 fully saturated rings. The number of allylic oxidation sites excluding steroid dienone is 1. The van der Waals surface area contributed by atoms with E-state index in [0.717, 1.165) is 21.7 Å². The zero-order chi connectivity index (χ0) is 23.7.